The fraction of sp³-hybridized carbons (Fsp3) is 0. The SMILES string of the molecule is c1ccc(-c2nc(-c3ccccc3)nc(-c3cccc(-n4c5cccc(-c6cccc7c6c6ccccc6n7-c6nc(-c7ccccc7)nc(-c7ccccc7)n6)c5n5c6ccccc6nc45)c3)n2)cc1. The van der Waals surface area contributed by atoms with Gasteiger partial charge >= 0.3 is 0 Å². The van der Waals surface area contributed by atoms with E-state index >= 15 is 0 Å². The predicted molar refractivity (Wildman–Crippen MR) is 283 cm³/mol. The van der Waals surface area contributed by atoms with Gasteiger partial charge in [-0.25, -0.2) is 24.9 Å². The van der Waals surface area contributed by atoms with E-state index in [1.165, 1.54) is 0 Å². The van der Waals surface area contributed by atoms with E-state index in [1.807, 2.05) is 127 Å². The molecule has 10 nitrogen and oxygen atoms in total. The van der Waals surface area contributed by atoms with Crippen molar-refractivity contribution >= 4 is 49.7 Å². The molecule has 0 bridgehead atoms. The number of hydrogen-bond acceptors (Lipinski definition) is 7. The number of fused-ring (bicyclic) bond motifs is 8. The van der Waals surface area contributed by atoms with E-state index in [-0.39, 0.29) is 0 Å². The van der Waals surface area contributed by atoms with Crippen molar-refractivity contribution in [2.45, 2.75) is 0 Å². The predicted octanol–water partition coefficient (Wildman–Crippen LogP) is 13.9. The third-order valence-corrected chi connectivity index (χ3v) is 13.2. The van der Waals surface area contributed by atoms with Crippen LogP contribution in [0.4, 0.5) is 0 Å². The molecule has 5 aromatic heterocycles. The minimum atomic E-state index is 0.540. The van der Waals surface area contributed by atoms with Crippen LogP contribution in [0.5, 0.6) is 0 Å². The Labute approximate surface area is 406 Å². The Balaban J connectivity index is 0.995. The number of nitrogens with zero attached hydrogens (tertiary/aromatic N) is 10. The van der Waals surface area contributed by atoms with Crippen molar-refractivity contribution in [3.8, 4) is 79.7 Å². The number of rotatable bonds is 8. The van der Waals surface area contributed by atoms with Gasteiger partial charge in [0, 0.05) is 49.8 Å². The molecule has 0 fully saturated rings. The van der Waals surface area contributed by atoms with E-state index in [4.69, 9.17) is 34.9 Å². The second-order valence-corrected chi connectivity index (χ2v) is 17.4. The maximum atomic E-state index is 5.35. The van der Waals surface area contributed by atoms with Gasteiger partial charge in [-0.15, -0.1) is 0 Å². The fourth-order valence-corrected chi connectivity index (χ4v) is 9.99. The van der Waals surface area contributed by atoms with Crippen molar-refractivity contribution in [2.75, 3.05) is 0 Å². The summed E-state index contributed by atoms with van der Waals surface area (Å²) in [7, 11) is 0. The van der Waals surface area contributed by atoms with E-state index in [1.54, 1.807) is 0 Å². The molecule has 14 aromatic rings. The summed E-state index contributed by atoms with van der Waals surface area (Å²) in [5.74, 6) is 4.33. The summed E-state index contributed by atoms with van der Waals surface area (Å²) in [4.78, 5) is 35.9. The van der Waals surface area contributed by atoms with Crippen LogP contribution in [0.2, 0.25) is 0 Å². The largest absolute Gasteiger partial charge is 0.278 e. The molecule has 0 amide bonds. The number of imidazole rings is 2. The highest BCUT2D eigenvalue weighted by Gasteiger charge is 2.25. The Kier molecular flexibility index (Phi) is 9.27. The average molecular weight is 911 g/mol. The number of hydrogen-bond donors (Lipinski definition) is 0. The quantitative estimate of drug-likeness (QED) is 0.149. The van der Waals surface area contributed by atoms with Crippen LogP contribution >= 0.6 is 0 Å². The number of benzene rings is 9. The maximum Gasteiger partial charge on any atom is 0.238 e. The normalized spacial score (nSPS) is 11.7. The summed E-state index contributed by atoms with van der Waals surface area (Å²) in [6.07, 6.45) is 0. The first-order valence-corrected chi connectivity index (χ1v) is 23.5. The Morgan fingerprint density at radius 1 is 0.296 bits per heavy atom. The van der Waals surface area contributed by atoms with Crippen molar-refractivity contribution in [3.05, 3.63) is 231 Å². The molecule has 71 heavy (non-hydrogen) atoms. The lowest BCUT2D eigenvalue weighted by Gasteiger charge is -2.12. The molecule has 0 saturated carbocycles. The lowest BCUT2D eigenvalue weighted by molar-refractivity contribution is 0.953. The summed E-state index contributed by atoms with van der Waals surface area (Å²) in [5.41, 5.74) is 13.5. The summed E-state index contributed by atoms with van der Waals surface area (Å²) in [6.45, 7) is 0. The Morgan fingerprint density at radius 3 is 1.35 bits per heavy atom. The molecule has 5 heterocycles. The fourth-order valence-electron chi connectivity index (χ4n) is 9.99. The summed E-state index contributed by atoms with van der Waals surface area (Å²) in [6, 6.07) is 78.7. The van der Waals surface area contributed by atoms with Crippen LogP contribution in [-0.2, 0) is 0 Å². The van der Waals surface area contributed by atoms with Gasteiger partial charge in [0.2, 0.25) is 11.7 Å². The van der Waals surface area contributed by atoms with Crippen LogP contribution in [0.15, 0.2) is 231 Å². The molecular formula is C61H38N10. The van der Waals surface area contributed by atoms with Crippen LogP contribution < -0.4 is 0 Å². The van der Waals surface area contributed by atoms with Crippen LogP contribution in [0, 0.1) is 0 Å². The van der Waals surface area contributed by atoms with Gasteiger partial charge in [-0.1, -0.05) is 188 Å². The molecule has 0 spiro atoms. The second kappa shape index (κ2) is 16.4. The Bertz CT molecular complexity index is 4220. The Morgan fingerprint density at radius 2 is 0.746 bits per heavy atom. The molecule has 0 aliphatic rings. The van der Waals surface area contributed by atoms with E-state index in [9.17, 15) is 0 Å². The molecule has 9 aromatic carbocycles. The number of para-hydroxylation sites is 4. The van der Waals surface area contributed by atoms with Crippen molar-refractivity contribution in [2.24, 2.45) is 0 Å². The minimum absolute atomic E-state index is 0.540. The first kappa shape index (κ1) is 40.2. The van der Waals surface area contributed by atoms with Crippen LogP contribution in [0.1, 0.15) is 0 Å². The lowest BCUT2D eigenvalue weighted by atomic mass is 9.98. The van der Waals surface area contributed by atoms with Gasteiger partial charge in [0.05, 0.1) is 33.1 Å². The van der Waals surface area contributed by atoms with Crippen molar-refractivity contribution < 1.29 is 0 Å². The molecule has 14 rings (SSSR count). The molecule has 10 heteroatoms. The molecule has 0 saturated heterocycles. The van der Waals surface area contributed by atoms with Crippen LogP contribution in [0.25, 0.3) is 129 Å². The summed E-state index contributed by atoms with van der Waals surface area (Å²) < 4.78 is 6.74. The summed E-state index contributed by atoms with van der Waals surface area (Å²) in [5, 5.41) is 2.17. The standard InChI is InChI=1S/C61H38N10/c1-5-20-39(21-6-1)55-63-56(40-22-7-2-8-23-40)65-59(64-55)43-28-17-29-44(38-43)69-52-37-19-32-46(54(52)71-50-35-16-14-33-48(50)62-61(69)71)45-31-18-36-51-53(45)47-30-13-15-34-49(47)70(51)60-67-57(41-24-9-3-10-25-41)66-58(68-60)42-26-11-4-12-27-42/h1-38H. The molecule has 0 N–H and O–H groups in total. The zero-order chi connectivity index (χ0) is 46.8. The third kappa shape index (κ3) is 6.69. The lowest BCUT2D eigenvalue weighted by Crippen LogP contribution is -2.06. The molecular weight excluding hydrogens is 873 g/mol. The zero-order valence-electron chi connectivity index (χ0n) is 37.9. The summed E-state index contributed by atoms with van der Waals surface area (Å²) >= 11 is 0. The van der Waals surface area contributed by atoms with Crippen LogP contribution in [0.3, 0.4) is 0 Å². The van der Waals surface area contributed by atoms with E-state index in [0.29, 0.717) is 35.1 Å². The molecule has 332 valence electrons. The third-order valence-electron chi connectivity index (χ3n) is 13.2. The van der Waals surface area contributed by atoms with E-state index in [0.717, 1.165) is 94.3 Å². The van der Waals surface area contributed by atoms with Gasteiger partial charge in [0.1, 0.15) is 0 Å². The highest BCUT2D eigenvalue weighted by atomic mass is 15.2. The average Bonchev–Trinajstić information content (AvgIpc) is 4.11. The number of aromatic nitrogens is 10. The molecule has 0 unspecified atom stereocenters. The second-order valence-electron chi connectivity index (χ2n) is 17.4. The van der Waals surface area contributed by atoms with Gasteiger partial charge in [-0.05, 0) is 48.0 Å². The van der Waals surface area contributed by atoms with Crippen molar-refractivity contribution in [1.82, 2.24) is 48.4 Å². The zero-order valence-corrected chi connectivity index (χ0v) is 37.9. The minimum Gasteiger partial charge on any atom is -0.278 e. The molecule has 0 radical (unpaired) electrons. The van der Waals surface area contributed by atoms with Crippen molar-refractivity contribution in [1.29, 1.82) is 0 Å². The first-order chi connectivity index (χ1) is 35.2. The first-order valence-electron chi connectivity index (χ1n) is 23.5. The van der Waals surface area contributed by atoms with Gasteiger partial charge in [0.25, 0.3) is 0 Å². The van der Waals surface area contributed by atoms with Gasteiger partial charge in [-0.3, -0.25) is 13.5 Å². The monoisotopic (exact) mass is 910 g/mol. The molecule has 0 atom stereocenters. The topological polar surface area (TPSA) is 104 Å². The molecule has 0 aliphatic heterocycles. The molecule has 0 aliphatic carbocycles. The van der Waals surface area contributed by atoms with Crippen LogP contribution in [-0.4, -0.2) is 48.4 Å². The van der Waals surface area contributed by atoms with E-state index < -0.39 is 0 Å². The van der Waals surface area contributed by atoms with Crippen molar-refractivity contribution in [3.63, 3.8) is 0 Å². The Hall–Kier alpha value is -9.93. The van der Waals surface area contributed by atoms with E-state index in [2.05, 4.69) is 117 Å². The highest BCUT2D eigenvalue weighted by Crippen LogP contribution is 2.43. The van der Waals surface area contributed by atoms with Gasteiger partial charge < -0.3 is 0 Å². The van der Waals surface area contributed by atoms with Gasteiger partial charge in [-0.2, -0.15) is 9.97 Å². The highest BCUT2D eigenvalue weighted by molar-refractivity contribution is 6.18. The van der Waals surface area contributed by atoms with Gasteiger partial charge in [0.15, 0.2) is 29.1 Å². The smallest absolute Gasteiger partial charge is 0.238 e. The maximum absolute atomic E-state index is 5.35.